The Labute approximate surface area is 142 Å². The van der Waals surface area contributed by atoms with Crippen molar-refractivity contribution in [3.8, 4) is 11.5 Å². The number of hydrogen-bond donors (Lipinski definition) is 0. The molecule has 1 aliphatic rings. The molecule has 0 saturated carbocycles. The lowest BCUT2D eigenvalue weighted by molar-refractivity contribution is -0.306. The van der Waals surface area contributed by atoms with Crippen molar-refractivity contribution >= 4 is 23.0 Å². The minimum Gasteiger partial charge on any atom is -0.548 e. The number of anilines is 1. The van der Waals surface area contributed by atoms with E-state index in [0.29, 0.717) is 54.8 Å². The van der Waals surface area contributed by atoms with E-state index in [9.17, 15) is 9.90 Å². The monoisotopic (exact) mass is 339 g/mol. The van der Waals surface area contributed by atoms with Gasteiger partial charge in [0.15, 0.2) is 17.3 Å². The maximum atomic E-state index is 11.0. The first-order valence-electron chi connectivity index (χ1n) is 7.89. The molecule has 0 aromatic carbocycles. The molecule has 25 heavy (non-hydrogen) atoms. The minimum atomic E-state index is -1.19. The summed E-state index contributed by atoms with van der Waals surface area (Å²) in [7, 11) is 0. The third kappa shape index (κ3) is 3.01. The van der Waals surface area contributed by atoms with Crippen LogP contribution in [0.2, 0.25) is 0 Å². The number of aromatic nitrogens is 5. The van der Waals surface area contributed by atoms with Crippen molar-refractivity contribution in [2.45, 2.75) is 6.54 Å². The summed E-state index contributed by atoms with van der Waals surface area (Å²) in [5.41, 5.74) is 1.64. The molecule has 4 heterocycles. The Hall–Kier alpha value is -3.07. The summed E-state index contributed by atoms with van der Waals surface area (Å²) in [6.45, 7) is 2.17. The number of carboxylic acids is 1. The molecule has 0 N–H and O–H groups in total. The largest absolute Gasteiger partial charge is 0.548 e. The summed E-state index contributed by atoms with van der Waals surface area (Å²) in [6.07, 6.45) is 3.12. The molecule has 9 heteroatoms. The summed E-state index contributed by atoms with van der Waals surface area (Å²) in [6, 6.07) is 5.50. The van der Waals surface area contributed by atoms with Crippen LogP contribution in [0.4, 0.5) is 5.82 Å². The van der Waals surface area contributed by atoms with E-state index in [1.165, 1.54) is 10.9 Å². The highest BCUT2D eigenvalue weighted by Crippen LogP contribution is 2.27. The van der Waals surface area contributed by atoms with Crippen LogP contribution in [0.1, 0.15) is 0 Å². The fourth-order valence-corrected chi connectivity index (χ4v) is 2.82. The molecule has 1 aliphatic heterocycles. The molecule has 1 fully saturated rings. The number of aliphatic carboxylic acids is 1. The van der Waals surface area contributed by atoms with Crippen LogP contribution >= 0.6 is 0 Å². The number of hydrogen-bond acceptors (Lipinski definition) is 8. The van der Waals surface area contributed by atoms with Crippen LogP contribution in [-0.2, 0) is 16.1 Å². The Balaban J connectivity index is 1.89. The Morgan fingerprint density at radius 2 is 2.04 bits per heavy atom. The van der Waals surface area contributed by atoms with Gasteiger partial charge in [-0.15, -0.1) is 0 Å². The summed E-state index contributed by atoms with van der Waals surface area (Å²) >= 11 is 0. The Bertz CT molecular complexity index is 905. The van der Waals surface area contributed by atoms with E-state index in [4.69, 9.17) is 4.74 Å². The molecule has 4 rings (SSSR count). The normalized spacial score (nSPS) is 14.8. The summed E-state index contributed by atoms with van der Waals surface area (Å²) in [5.74, 6) is -0.109. The number of carbonyl (C=O) groups excluding carboxylic acids is 1. The lowest BCUT2D eigenvalue weighted by Crippen LogP contribution is -2.37. The van der Waals surface area contributed by atoms with Gasteiger partial charge in [0, 0.05) is 19.3 Å². The summed E-state index contributed by atoms with van der Waals surface area (Å²) < 4.78 is 6.90. The number of pyridine rings is 1. The SMILES string of the molecule is O=C([O-])Cn1cnc2nc(-c3ccccn3)nc(N3CCOCC3)c21. The van der Waals surface area contributed by atoms with E-state index in [1.54, 1.807) is 6.20 Å². The van der Waals surface area contributed by atoms with Crippen LogP contribution in [0.5, 0.6) is 0 Å². The average molecular weight is 339 g/mol. The van der Waals surface area contributed by atoms with Gasteiger partial charge in [-0.05, 0) is 12.1 Å². The van der Waals surface area contributed by atoms with Crippen molar-refractivity contribution in [2.24, 2.45) is 0 Å². The number of ether oxygens (including phenoxy) is 1. The van der Waals surface area contributed by atoms with Crippen molar-refractivity contribution in [3.05, 3.63) is 30.7 Å². The highest BCUT2D eigenvalue weighted by molar-refractivity contribution is 5.86. The molecular weight excluding hydrogens is 324 g/mol. The number of carboxylic acid groups (broad SMARTS) is 1. The van der Waals surface area contributed by atoms with Crippen LogP contribution in [-0.4, -0.2) is 56.8 Å². The zero-order chi connectivity index (χ0) is 17.2. The van der Waals surface area contributed by atoms with Crippen molar-refractivity contribution in [3.63, 3.8) is 0 Å². The maximum absolute atomic E-state index is 11.0. The molecule has 3 aromatic heterocycles. The number of imidazole rings is 1. The van der Waals surface area contributed by atoms with Gasteiger partial charge in [0.1, 0.15) is 11.2 Å². The molecule has 0 radical (unpaired) electrons. The number of fused-ring (bicyclic) bond motifs is 1. The first-order chi connectivity index (χ1) is 12.2. The Morgan fingerprint density at radius 3 is 2.76 bits per heavy atom. The molecule has 0 spiro atoms. The number of morpholine rings is 1. The van der Waals surface area contributed by atoms with E-state index >= 15 is 0 Å². The van der Waals surface area contributed by atoms with Crippen LogP contribution in [0.15, 0.2) is 30.7 Å². The van der Waals surface area contributed by atoms with Crippen molar-refractivity contribution in [1.82, 2.24) is 24.5 Å². The van der Waals surface area contributed by atoms with Gasteiger partial charge in [-0.3, -0.25) is 4.98 Å². The van der Waals surface area contributed by atoms with Crippen molar-refractivity contribution in [2.75, 3.05) is 31.2 Å². The fraction of sp³-hybridized carbons (Fsp3) is 0.312. The quantitative estimate of drug-likeness (QED) is 0.624. The number of rotatable bonds is 4. The Morgan fingerprint density at radius 1 is 1.20 bits per heavy atom. The first kappa shape index (κ1) is 15.5. The second-order valence-corrected chi connectivity index (χ2v) is 5.60. The van der Waals surface area contributed by atoms with Gasteiger partial charge in [-0.25, -0.2) is 15.0 Å². The van der Waals surface area contributed by atoms with Gasteiger partial charge in [-0.2, -0.15) is 0 Å². The highest BCUT2D eigenvalue weighted by atomic mass is 16.5. The van der Waals surface area contributed by atoms with Crippen molar-refractivity contribution in [1.29, 1.82) is 0 Å². The van der Waals surface area contributed by atoms with E-state index in [0.717, 1.165) is 0 Å². The molecule has 0 aliphatic carbocycles. The highest BCUT2D eigenvalue weighted by Gasteiger charge is 2.21. The molecule has 128 valence electrons. The van der Waals surface area contributed by atoms with Crippen LogP contribution in [0.3, 0.4) is 0 Å². The molecule has 0 bridgehead atoms. The second-order valence-electron chi connectivity index (χ2n) is 5.60. The topological polar surface area (TPSA) is 109 Å². The first-order valence-corrected chi connectivity index (χ1v) is 7.89. The van der Waals surface area contributed by atoms with E-state index < -0.39 is 5.97 Å². The van der Waals surface area contributed by atoms with Gasteiger partial charge in [0.2, 0.25) is 0 Å². The van der Waals surface area contributed by atoms with Gasteiger partial charge in [0.05, 0.1) is 32.1 Å². The molecule has 9 nitrogen and oxygen atoms in total. The summed E-state index contributed by atoms with van der Waals surface area (Å²) in [4.78, 5) is 30.7. The maximum Gasteiger partial charge on any atom is 0.183 e. The summed E-state index contributed by atoms with van der Waals surface area (Å²) in [5, 5.41) is 11.0. The predicted molar refractivity (Wildman–Crippen MR) is 86.6 cm³/mol. The van der Waals surface area contributed by atoms with E-state index in [-0.39, 0.29) is 6.54 Å². The molecule has 0 amide bonds. The van der Waals surface area contributed by atoms with Crippen LogP contribution in [0.25, 0.3) is 22.7 Å². The lowest BCUT2D eigenvalue weighted by Gasteiger charge is -2.28. The molecule has 3 aromatic rings. The molecule has 1 saturated heterocycles. The predicted octanol–water partition coefficient (Wildman–Crippen LogP) is -0.525. The lowest BCUT2D eigenvalue weighted by atomic mass is 10.3. The molecule has 0 atom stereocenters. The average Bonchev–Trinajstić information content (AvgIpc) is 3.05. The number of nitrogens with zero attached hydrogens (tertiary/aromatic N) is 6. The van der Waals surface area contributed by atoms with Gasteiger partial charge < -0.3 is 24.1 Å². The third-order valence-corrected chi connectivity index (χ3v) is 3.96. The molecule has 0 unspecified atom stereocenters. The minimum absolute atomic E-state index is 0.305. The Kier molecular flexibility index (Phi) is 3.98. The fourth-order valence-electron chi connectivity index (χ4n) is 2.82. The van der Waals surface area contributed by atoms with Gasteiger partial charge in [-0.1, -0.05) is 6.07 Å². The van der Waals surface area contributed by atoms with Crippen LogP contribution in [0, 0.1) is 0 Å². The zero-order valence-electron chi connectivity index (χ0n) is 13.3. The van der Waals surface area contributed by atoms with Crippen molar-refractivity contribution < 1.29 is 14.6 Å². The van der Waals surface area contributed by atoms with E-state index in [1.807, 2.05) is 23.1 Å². The smallest absolute Gasteiger partial charge is 0.183 e. The second kappa shape index (κ2) is 6.44. The van der Waals surface area contributed by atoms with Gasteiger partial charge >= 0.3 is 0 Å². The van der Waals surface area contributed by atoms with Crippen LogP contribution < -0.4 is 10.0 Å². The number of carbonyl (C=O) groups is 1. The zero-order valence-corrected chi connectivity index (χ0v) is 13.3. The third-order valence-electron chi connectivity index (χ3n) is 3.96. The van der Waals surface area contributed by atoms with E-state index in [2.05, 4.69) is 19.9 Å². The molecular formula is C16H15N6O3-. The standard InChI is InChI=1S/C16H16N6O3/c23-12(24)9-22-10-18-15-13(22)16(21-5-7-25-8-6-21)20-14(19-15)11-3-1-2-4-17-11/h1-4,10H,5-9H2,(H,23,24)/p-1. The van der Waals surface area contributed by atoms with Gasteiger partial charge in [0.25, 0.3) is 0 Å².